The Morgan fingerprint density at radius 2 is 1.73 bits per heavy atom. The highest BCUT2D eigenvalue weighted by Gasteiger charge is 2.32. The van der Waals surface area contributed by atoms with E-state index in [1.165, 1.54) is 6.07 Å². The third kappa shape index (κ3) is 6.82. The average molecular weight is 366 g/mol. The minimum absolute atomic E-state index is 0.144. The number of hydrogen-bond acceptors (Lipinski definition) is 2. The fraction of sp³-hybridized carbons (Fsp3) is 0.333. The predicted molar refractivity (Wildman–Crippen MR) is 99.5 cm³/mol. The lowest BCUT2D eigenvalue weighted by molar-refractivity contribution is -0.274. The SMILES string of the molecule is CC(C=CO)=CC=CC(C)=CCc1c(C)cc(OC(F)(F)F)c(C)c1C. The van der Waals surface area contributed by atoms with Gasteiger partial charge in [0.25, 0.3) is 0 Å². The zero-order valence-electron chi connectivity index (χ0n) is 15.7. The molecule has 0 fully saturated rings. The Bertz CT molecular complexity index is 752. The van der Waals surface area contributed by atoms with Crippen molar-refractivity contribution in [2.24, 2.45) is 0 Å². The van der Waals surface area contributed by atoms with Crippen LogP contribution in [0.3, 0.4) is 0 Å². The van der Waals surface area contributed by atoms with Crippen molar-refractivity contribution in [3.63, 3.8) is 0 Å². The van der Waals surface area contributed by atoms with Crippen LogP contribution >= 0.6 is 0 Å². The van der Waals surface area contributed by atoms with E-state index in [1.54, 1.807) is 19.9 Å². The molecule has 0 saturated carbocycles. The van der Waals surface area contributed by atoms with E-state index in [0.29, 0.717) is 12.0 Å². The van der Waals surface area contributed by atoms with Gasteiger partial charge in [-0.05, 0) is 81.0 Å². The normalized spacial score (nSPS) is 13.8. The van der Waals surface area contributed by atoms with Crippen molar-refractivity contribution >= 4 is 0 Å². The fourth-order valence-electron chi connectivity index (χ4n) is 2.50. The predicted octanol–water partition coefficient (Wildman–Crippen LogP) is 6.57. The standard InChI is InChI=1S/C21H25F3O2/c1-14(7-6-8-15(2)11-12-25)9-10-19-16(3)13-20(18(5)17(19)4)26-21(22,23)24/h6-9,11-13,25H,10H2,1-5H3. The Morgan fingerprint density at radius 3 is 2.31 bits per heavy atom. The molecule has 0 radical (unpaired) electrons. The third-order valence-electron chi connectivity index (χ3n) is 4.12. The van der Waals surface area contributed by atoms with Crippen LogP contribution in [0.4, 0.5) is 13.2 Å². The van der Waals surface area contributed by atoms with Crippen LogP contribution in [0.15, 0.2) is 53.9 Å². The van der Waals surface area contributed by atoms with Gasteiger partial charge in [0.1, 0.15) is 5.75 Å². The molecule has 0 saturated heterocycles. The number of ether oxygens (including phenoxy) is 1. The van der Waals surface area contributed by atoms with Crippen molar-refractivity contribution in [3.8, 4) is 5.75 Å². The monoisotopic (exact) mass is 366 g/mol. The van der Waals surface area contributed by atoms with Gasteiger partial charge in [0.05, 0.1) is 6.26 Å². The van der Waals surface area contributed by atoms with E-state index >= 15 is 0 Å². The summed E-state index contributed by atoms with van der Waals surface area (Å²) in [4.78, 5) is 0. The summed E-state index contributed by atoms with van der Waals surface area (Å²) in [6, 6.07) is 1.44. The Hall–Kier alpha value is -2.43. The van der Waals surface area contributed by atoms with Crippen LogP contribution in [-0.2, 0) is 6.42 Å². The van der Waals surface area contributed by atoms with E-state index in [1.807, 2.05) is 45.1 Å². The van der Waals surface area contributed by atoms with Gasteiger partial charge in [-0.3, -0.25) is 0 Å². The highest BCUT2D eigenvalue weighted by Crippen LogP contribution is 2.32. The number of hydrogen-bond donors (Lipinski definition) is 1. The summed E-state index contributed by atoms with van der Waals surface area (Å²) in [5.41, 5.74) is 5.03. The van der Waals surface area contributed by atoms with Gasteiger partial charge in [0.2, 0.25) is 0 Å². The average Bonchev–Trinajstić information content (AvgIpc) is 2.51. The van der Waals surface area contributed by atoms with E-state index in [-0.39, 0.29) is 5.75 Å². The maximum absolute atomic E-state index is 12.5. The van der Waals surface area contributed by atoms with Crippen molar-refractivity contribution < 1.29 is 23.0 Å². The molecule has 0 heterocycles. The molecular weight excluding hydrogens is 341 g/mol. The first-order chi connectivity index (χ1) is 12.0. The molecule has 0 aliphatic heterocycles. The zero-order valence-corrected chi connectivity index (χ0v) is 15.7. The molecule has 142 valence electrons. The second kappa shape index (κ2) is 9.32. The number of rotatable bonds is 6. The Morgan fingerprint density at radius 1 is 1.08 bits per heavy atom. The van der Waals surface area contributed by atoms with Crippen LogP contribution in [-0.4, -0.2) is 11.5 Å². The molecule has 1 N–H and O–H groups in total. The number of alkyl halides is 3. The molecule has 0 aliphatic rings. The number of halogens is 3. The van der Waals surface area contributed by atoms with Gasteiger partial charge in [0.15, 0.2) is 0 Å². The molecule has 0 amide bonds. The number of benzene rings is 1. The van der Waals surface area contributed by atoms with Crippen LogP contribution < -0.4 is 4.74 Å². The Labute approximate surface area is 153 Å². The molecule has 0 unspecified atom stereocenters. The number of aliphatic hydroxyl groups is 1. The Balaban J connectivity index is 2.98. The molecule has 1 rings (SSSR count). The van der Waals surface area contributed by atoms with Gasteiger partial charge < -0.3 is 9.84 Å². The van der Waals surface area contributed by atoms with Gasteiger partial charge in [-0.15, -0.1) is 13.2 Å². The second-order valence-electron chi connectivity index (χ2n) is 6.21. The molecule has 0 spiro atoms. The highest BCUT2D eigenvalue weighted by atomic mass is 19.4. The topological polar surface area (TPSA) is 29.5 Å². The summed E-state index contributed by atoms with van der Waals surface area (Å²) in [5, 5.41) is 8.68. The molecule has 0 aliphatic carbocycles. The van der Waals surface area contributed by atoms with Gasteiger partial charge in [-0.1, -0.05) is 29.9 Å². The van der Waals surface area contributed by atoms with E-state index in [9.17, 15) is 13.2 Å². The summed E-state index contributed by atoms with van der Waals surface area (Å²) < 4.78 is 41.6. The first kappa shape index (κ1) is 21.6. The van der Waals surface area contributed by atoms with E-state index in [2.05, 4.69) is 4.74 Å². The first-order valence-electron chi connectivity index (χ1n) is 8.23. The molecule has 1 aromatic rings. The number of allylic oxidation sites excluding steroid dienone is 7. The molecule has 26 heavy (non-hydrogen) atoms. The molecule has 0 bridgehead atoms. The third-order valence-corrected chi connectivity index (χ3v) is 4.12. The van der Waals surface area contributed by atoms with Crippen LogP contribution in [0.1, 0.15) is 36.1 Å². The lowest BCUT2D eigenvalue weighted by atomic mass is 9.94. The van der Waals surface area contributed by atoms with Crippen molar-refractivity contribution in [1.29, 1.82) is 0 Å². The van der Waals surface area contributed by atoms with Crippen molar-refractivity contribution in [2.45, 2.75) is 47.4 Å². The lowest BCUT2D eigenvalue weighted by Gasteiger charge is -2.17. The minimum atomic E-state index is -4.69. The molecule has 0 atom stereocenters. The number of aryl methyl sites for hydroxylation is 1. The van der Waals surface area contributed by atoms with E-state index < -0.39 is 6.36 Å². The van der Waals surface area contributed by atoms with Crippen molar-refractivity contribution in [1.82, 2.24) is 0 Å². The minimum Gasteiger partial charge on any atom is -0.516 e. The van der Waals surface area contributed by atoms with Crippen LogP contribution in [0.5, 0.6) is 5.75 Å². The van der Waals surface area contributed by atoms with Crippen LogP contribution in [0.25, 0.3) is 0 Å². The molecule has 5 heteroatoms. The van der Waals surface area contributed by atoms with Gasteiger partial charge >= 0.3 is 6.36 Å². The van der Waals surface area contributed by atoms with Gasteiger partial charge in [0, 0.05) is 0 Å². The maximum Gasteiger partial charge on any atom is 0.573 e. The van der Waals surface area contributed by atoms with Gasteiger partial charge in [-0.2, -0.15) is 0 Å². The summed E-state index contributed by atoms with van der Waals surface area (Å²) in [6.45, 7) is 9.07. The second-order valence-corrected chi connectivity index (χ2v) is 6.21. The summed E-state index contributed by atoms with van der Waals surface area (Å²) in [7, 11) is 0. The molecular formula is C21H25F3O2. The van der Waals surface area contributed by atoms with Crippen LogP contribution in [0.2, 0.25) is 0 Å². The van der Waals surface area contributed by atoms with E-state index in [4.69, 9.17) is 5.11 Å². The number of aliphatic hydroxyl groups excluding tert-OH is 1. The quantitative estimate of drug-likeness (QED) is 0.455. The molecule has 1 aromatic carbocycles. The smallest absolute Gasteiger partial charge is 0.516 e. The largest absolute Gasteiger partial charge is 0.573 e. The summed E-state index contributed by atoms with van der Waals surface area (Å²) in [5.74, 6) is -0.144. The summed E-state index contributed by atoms with van der Waals surface area (Å²) >= 11 is 0. The summed E-state index contributed by atoms with van der Waals surface area (Å²) in [6.07, 6.45) is 6.23. The highest BCUT2D eigenvalue weighted by molar-refractivity contribution is 5.49. The molecule has 2 nitrogen and oxygen atoms in total. The van der Waals surface area contributed by atoms with E-state index in [0.717, 1.165) is 34.1 Å². The van der Waals surface area contributed by atoms with Crippen LogP contribution in [0, 0.1) is 20.8 Å². The van der Waals surface area contributed by atoms with Gasteiger partial charge in [-0.25, -0.2) is 0 Å². The zero-order chi connectivity index (χ0) is 19.9. The maximum atomic E-state index is 12.5. The molecule has 0 aromatic heterocycles. The lowest BCUT2D eigenvalue weighted by Crippen LogP contribution is -2.18. The van der Waals surface area contributed by atoms with Crippen molar-refractivity contribution in [2.75, 3.05) is 0 Å². The fourth-order valence-corrected chi connectivity index (χ4v) is 2.50. The first-order valence-corrected chi connectivity index (χ1v) is 8.23. The van der Waals surface area contributed by atoms with Crippen molar-refractivity contribution in [3.05, 3.63) is 76.1 Å². The Kier molecular flexibility index (Phi) is 7.75.